The molecule has 0 aliphatic heterocycles. The molecular formula is C10H12N4O. The van der Waals surface area contributed by atoms with Crippen molar-refractivity contribution in [3.8, 4) is 0 Å². The Morgan fingerprint density at radius 3 is 2.80 bits per heavy atom. The van der Waals surface area contributed by atoms with E-state index in [0.717, 1.165) is 5.56 Å². The molecule has 1 N–H and O–H groups in total. The number of nitrogens with one attached hydrogen (secondary N) is 1. The molecular weight excluding hydrogens is 192 g/mol. The van der Waals surface area contributed by atoms with Crippen LogP contribution in [0.1, 0.15) is 18.5 Å². The largest absolute Gasteiger partial charge is 0.349 e. The second-order valence-corrected chi connectivity index (χ2v) is 3.09. The molecule has 1 rings (SSSR count). The number of benzene rings is 1. The van der Waals surface area contributed by atoms with Crippen LogP contribution in [0, 0.1) is 0 Å². The Morgan fingerprint density at radius 2 is 2.20 bits per heavy atom. The predicted molar refractivity (Wildman–Crippen MR) is 57.0 cm³/mol. The summed E-state index contributed by atoms with van der Waals surface area (Å²) in [7, 11) is 0. The summed E-state index contributed by atoms with van der Waals surface area (Å²) in [5, 5.41) is 5.91. The number of hydrogen-bond donors (Lipinski definition) is 1. The summed E-state index contributed by atoms with van der Waals surface area (Å²) in [6, 6.07) is 9.51. The first kappa shape index (κ1) is 11.1. The van der Waals surface area contributed by atoms with Crippen molar-refractivity contribution in [2.24, 2.45) is 5.11 Å². The maximum absolute atomic E-state index is 11.2. The van der Waals surface area contributed by atoms with Gasteiger partial charge in [-0.3, -0.25) is 4.79 Å². The van der Waals surface area contributed by atoms with E-state index in [9.17, 15) is 4.79 Å². The highest BCUT2D eigenvalue weighted by molar-refractivity contribution is 5.78. The molecule has 0 saturated heterocycles. The van der Waals surface area contributed by atoms with Gasteiger partial charge in [-0.25, -0.2) is 0 Å². The molecule has 0 spiro atoms. The van der Waals surface area contributed by atoms with E-state index in [4.69, 9.17) is 5.53 Å². The fourth-order valence-electron chi connectivity index (χ4n) is 1.21. The number of carbonyl (C=O) groups excluding carboxylic acids is 1. The minimum atomic E-state index is -0.274. The zero-order valence-electron chi connectivity index (χ0n) is 8.42. The highest BCUT2D eigenvalue weighted by Gasteiger charge is 2.07. The maximum atomic E-state index is 11.2. The van der Waals surface area contributed by atoms with Gasteiger partial charge in [0.2, 0.25) is 5.91 Å². The molecule has 1 unspecified atom stereocenters. The second-order valence-electron chi connectivity index (χ2n) is 3.09. The number of amides is 1. The Hall–Kier alpha value is -2.00. The van der Waals surface area contributed by atoms with Crippen LogP contribution in [0.25, 0.3) is 10.4 Å². The minimum Gasteiger partial charge on any atom is -0.349 e. The van der Waals surface area contributed by atoms with Crippen molar-refractivity contribution in [1.82, 2.24) is 5.32 Å². The molecule has 5 nitrogen and oxygen atoms in total. The van der Waals surface area contributed by atoms with Gasteiger partial charge < -0.3 is 5.32 Å². The number of azide groups is 1. The molecule has 78 valence electrons. The Morgan fingerprint density at radius 1 is 1.53 bits per heavy atom. The first-order valence-corrected chi connectivity index (χ1v) is 4.59. The molecule has 1 amide bonds. The summed E-state index contributed by atoms with van der Waals surface area (Å²) in [6.07, 6.45) is 0. The molecule has 15 heavy (non-hydrogen) atoms. The van der Waals surface area contributed by atoms with Crippen LogP contribution in [0.5, 0.6) is 0 Å². The van der Waals surface area contributed by atoms with Gasteiger partial charge in [0.05, 0.1) is 6.04 Å². The van der Waals surface area contributed by atoms with Crippen molar-refractivity contribution in [2.45, 2.75) is 13.0 Å². The fourth-order valence-corrected chi connectivity index (χ4v) is 1.21. The number of nitrogens with zero attached hydrogens (tertiary/aromatic N) is 3. The summed E-state index contributed by atoms with van der Waals surface area (Å²) < 4.78 is 0. The first-order valence-electron chi connectivity index (χ1n) is 4.59. The third-order valence-electron chi connectivity index (χ3n) is 1.95. The summed E-state index contributed by atoms with van der Waals surface area (Å²) in [5.74, 6) is -0.274. The normalized spacial score (nSPS) is 11.3. The second kappa shape index (κ2) is 5.67. The summed E-state index contributed by atoms with van der Waals surface area (Å²) in [5.41, 5.74) is 9.06. The van der Waals surface area contributed by atoms with Crippen LogP contribution >= 0.6 is 0 Å². The van der Waals surface area contributed by atoms with Gasteiger partial charge in [0.1, 0.15) is 6.54 Å². The van der Waals surface area contributed by atoms with Crippen LogP contribution in [0.15, 0.2) is 35.4 Å². The minimum absolute atomic E-state index is 0.0763. The first-order chi connectivity index (χ1) is 7.24. The van der Waals surface area contributed by atoms with E-state index in [1.54, 1.807) is 0 Å². The number of hydrogen-bond acceptors (Lipinski definition) is 2. The summed E-state index contributed by atoms with van der Waals surface area (Å²) in [6.45, 7) is 1.72. The lowest BCUT2D eigenvalue weighted by molar-refractivity contribution is -0.120. The molecule has 1 atom stereocenters. The molecule has 0 aromatic heterocycles. The van der Waals surface area contributed by atoms with Gasteiger partial charge in [-0.1, -0.05) is 35.4 Å². The van der Waals surface area contributed by atoms with E-state index in [2.05, 4.69) is 15.3 Å². The lowest BCUT2D eigenvalue weighted by atomic mass is 10.1. The highest BCUT2D eigenvalue weighted by atomic mass is 16.1. The molecule has 1 aromatic rings. The van der Waals surface area contributed by atoms with Crippen LogP contribution in [0.3, 0.4) is 0 Å². The van der Waals surface area contributed by atoms with Gasteiger partial charge in [-0.15, -0.1) is 0 Å². The Balaban J connectivity index is 2.52. The summed E-state index contributed by atoms with van der Waals surface area (Å²) >= 11 is 0. The number of carbonyl (C=O) groups is 1. The molecule has 0 fully saturated rings. The number of rotatable bonds is 4. The van der Waals surface area contributed by atoms with Gasteiger partial charge in [-0.05, 0) is 18.0 Å². The predicted octanol–water partition coefficient (Wildman–Crippen LogP) is 2.17. The zero-order chi connectivity index (χ0) is 11.1. The molecule has 0 aliphatic carbocycles. The van der Waals surface area contributed by atoms with Gasteiger partial charge in [0.15, 0.2) is 0 Å². The van der Waals surface area contributed by atoms with Gasteiger partial charge >= 0.3 is 0 Å². The van der Waals surface area contributed by atoms with Crippen molar-refractivity contribution < 1.29 is 4.79 Å². The quantitative estimate of drug-likeness (QED) is 0.455. The molecule has 1 aromatic carbocycles. The van der Waals surface area contributed by atoms with Gasteiger partial charge in [-0.2, -0.15) is 0 Å². The topological polar surface area (TPSA) is 77.9 Å². The maximum Gasteiger partial charge on any atom is 0.226 e. The SMILES string of the molecule is CC(NC(=O)CN=[N+]=[N-])c1ccccc1. The van der Waals surface area contributed by atoms with Crippen molar-refractivity contribution in [3.05, 3.63) is 46.3 Å². The van der Waals surface area contributed by atoms with Crippen LogP contribution in [0.4, 0.5) is 0 Å². The standard InChI is InChI=1S/C10H12N4O/c1-8(9-5-3-2-4-6-9)13-10(15)7-12-14-11/h2-6,8H,7H2,1H3,(H,13,15). The molecule has 0 radical (unpaired) electrons. The van der Waals surface area contributed by atoms with E-state index in [-0.39, 0.29) is 18.5 Å². The smallest absolute Gasteiger partial charge is 0.226 e. The molecule has 0 bridgehead atoms. The molecule has 0 aliphatic rings. The average Bonchev–Trinajstić information content (AvgIpc) is 2.27. The summed E-state index contributed by atoms with van der Waals surface area (Å²) in [4.78, 5) is 13.7. The average molecular weight is 204 g/mol. The lowest BCUT2D eigenvalue weighted by Crippen LogP contribution is -2.28. The van der Waals surface area contributed by atoms with E-state index in [0.29, 0.717) is 0 Å². The van der Waals surface area contributed by atoms with Gasteiger partial charge in [0, 0.05) is 4.91 Å². The third kappa shape index (κ3) is 3.70. The van der Waals surface area contributed by atoms with E-state index in [1.807, 2.05) is 37.3 Å². The molecule has 5 heteroatoms. The Bertz CT molecular complexity index is 370. The molecule has 0 saturated carbocycles. The van der Waals surface area contributed by atoms with Crippen LogP contribution in [0.2, 0.25) is 0 Å². The third-order valence-corrected chi connectivity index (χ3v) is 1.95. The monoisotopic (exact) mass is 204 g/mol. The van der Waals surface area contributed by atoms with Crippen LogP contribution < -0.4 is 5.32 Å². The zero-order valence-corrected chi connectivity index (χ0v) is 8.42. The van der Waals surface area contributed by atoms with Crippen molar-refractivity contribution in [1.29, 1.82) is 0 Å². The molecule has 0 heterocycles. The Labute approximate surface area is 87.7 Å². The van der Waals surface area contributed by atoms with Crippen molar-refractivity contribution >= 4 is 5.91 Å². The van der Waals surface area contributed by atoms with E-state index in [1.165, 1.54) is 0 Å². The Kier molecular flexibility index (Phi) is 4.19. The van der Waals surface area contributed by atoms with E-state index >= 15 is 0 Å². The van der Waals surface area contributed by atoms with E-state index < -0.39 is 0 Å². The van der Waals surface area contributed by atoms with Crippen LogP contribution in [-0.2, 0) is 4.79 Å². The van der Waals surface area contributed by atoms with Gasteiger partial charge in [0.25, 0.3) is 0 Å². The highest BCUT2D eigenvalue weighted by Crippen LogP contribution is 2.10. The lowest BCUT2D eigenvalue weighted by Gasteiger charge is -2.12. The van der Waals surface area contributed by atoms with Crippen LogP contribution in [-0.4, -0.2) is 12.5 Å². The fraction of sp³-hybridized carbons (Fsp3) is 0.300. The van der Waals surface area contributed by atoms with Crippen molar-refractivity contribution in [3.63, 3.8) is 0 Å². The van der Waals surface area contributed by atoms with Crippen molar-refractivity contribution in [2.75, 3.05) is 6.54 Å².